The van der Waals surface area contributed by atoms with Crippen molar-refractivity contribution in [1.82, 2.24) is 9.55 Å². The third-order valence-electron chi connectivity index (χ3n) is 3.96. The molecular weight excluding hydrogens is 318 g/mol. The highest BCUT2D eigenvalue weighted by Crippen LogP contribution is 2.18. The second-order valence-electron chi connectivity index (χ2n) is 5.84. The van der Waals surface area contributed by atoms with E-state index in [0.29, 0.717) is 19.4 Å². The molecule has 1 aromatic carbocycles. The number of imidazole rings is 1. The van der Waals surface area contributed by atoms with E-state index in [1.54, 1.807) is 12.5 Å². The number of hydrogen-bond acceptors (Lipinski definition) is 4. The van der Waals surface area contributed by atoms with Gasteiger partial charge in [0.25, 0.3) is 0 Å². The van der Waals surface area contributed by atoms with Crippen molar-refractivity contribution in [3.63, 3.8) is 0 Å². The molecule has 1 aromatic heterocycles. The van der Waals surface area contributed by atoms with Crippen LogP contribution < -0.4 is 0 Å². The van der Waals surface area contributed by atoms with Crippen LogP contribution in [0, 0.1) is 0 Å². The number of aromatic nitrogens is 2. The lowest BCUT2D eigenvalue weighted by molar-refractivity contribution is -0.137. The topological polar surface area (TPSA) is 76.7 Å². The van der Waals surface area contributed by atoms with Crippen molar-refractivity contribution in [2.45, 2.75) is 45.1 Å². The van der Waals surface area contributed by atoms with E-state index in [4.69, 9.17) is 9.94 Å². The minimum absolute atomic E-state index is 0.0499. The molecule has 134 valence electrons. The number of aliphatic carboxylic acids is 1. The van der Waals surface area contributed by atoms with Gasteiger partial charge in [0.05, 0.1) is 18.1 Å². The van der Waals surface area contributed by atoms with Crippen LogP contribution in [0.25, 0.3) is 0 Å². The van der Waals surface area contributed by atoms with Gasteiger partial charge in [0, 0.05) is 18.8 Å². The lowest BCUT2D eigenvalue weighted by Gasteiger charge is -2.20. The molecule has 0 saturated carbocycles. The van der Waals surface area contributed by atoms with Crippen molar-refractivity contribution >= 4 is 11.7 Å². The van der Waals surface area contributed by atoms with Gasteiger partial charge in [-0.1, -0.05) is 42.4 Å². The van der Waals surface area contributed by atoms with E-state index in [1.165, 1.54) is 5.56 Å². The van der Waals surface area contributed by atoms with Crippen LogP contribution in [0.15, 0.2) is 54.2 Å². The molecule has 0 bridgehead atoms. The van der Waals surface area contributed by atoms with Crippen LogP contribution in [0.5, 0.6) is 0 Å². The van der Waals surface area contributed by atoms with E-state index in [1.807, 2.05) is 29.0 Å². The maximum atomic E-state index is 10.5. The van der Waals surface area contributed by atoms with Gasteiger partial charge in [0.15, 0.2) is 0 Å². The Balaban J connectivity index is 2.00. The van der Waals surface area contributed by atoms with Gasteiger partial charge in [-0.05, 0) is 31.2 Å². The number of carboxylic acid groups (broad SMARTS) is 1. The van der Waals surface area contributed by atoms with Crippen molar-refractivity contribution in [3.8, 4) is 0 Å². The van der Waals surface area contributed by atoms with Crippen LogP contribution in [0.4, 0.5) is 0 Å². The van der Waals surface area contributed by atoms with Gasteiger partial charge in [0.1, 0.15) is 6.61 Å². The molecule has 2 rings (SSSR count). The number of carboxylic acids is 1. The molecule has 6 heteroatoms. The first-order valence-electron chi connectivity index (χ1n) is 8.62. The number of oxime groups is 1. The molecule has 1 unspecified atom stereocenters. The molecule has 0 radical (unpaired) electrons. The molecule has 25 heavy (non-hydrogen) atoms. The van der Waals surface area contributed by atoms with Gasteiger partial charge in [-0.3, -0.25) is 4.79 Å². The summed E-state index contributed by atoms with van der Waals surface area (Å²) in [5.41, 5.74) is 2.17. The number of carbonyl (C=O) groups is 1. The predicted octanol–water partition coefficient (Wildman–Crippen LogP) is 3.70. The summed E-state index contributed by atoms with van der Waals surface area (Å²) >= 11 is 0. The van der Waals surface area contributed by atoms with E-state index in [-0.39, 0.29) is 12.5 Å². The summed E-state index contributed by atoms with van der Waals surface area (Å²) in [5, 5.41) is 13.0. The number of hydrogen-bond donors (Lipinski definition) is 1. The summed E-state index contributed by atoms with van der Waals surface area (Å²) in [6.07, 6.45) is 8.52. The second kappa shape index (κ2) is 10.3. The summed E-state index contributed by atoms with van der Waals surface area (Å²) in [5.74, 6) is -0.777. The highest BCUT2D eigenvalue weighted by Gasteiger charge is 2.18. The fourth-order valence-electron chi connectivity index (χ4n) is 2.62. The van der Waals surface area contributed by atoms with E-state index in [0.717, 1.165) is 18.6 Å². The summed E-state index contributed by atoms with van der Waals surface area (Å²) < 4.78 is 2.04. The second-order valence-corrected chi connectivity index (χ2v) is 5.84. The average molecular weight is 343 g/mol. The minimum Gasteiger partial charge on any atom is -0.481 e. The molecule has 0 aliphatic rings. The van der Waals surface area contributed by atoms with Crippen LogP contribution in [-0.4, -0.2) is 32.9 Å². The molecule has 1 atom stereocenters. The zero-order valence-corrected chi connectivity index (χ0v) is 14.5. The first-order valence-corrected chi connectivity index (χ1v) is 8.62. The van der Waals surface area contributed by atoms with Gasteiger partial charge in [0.2, 0.25) is 0 Å². The van der Waals surface area contributed by atoms with Gasteiger partial charge in [-0.25, -0.2) is 4.98 Å². The molecule has 1 N–H and O–H groups in total. The fraction of sp³-hybridized carbons (Fsp3) is 0.421. The van der Waals surface area contributed by atoms with Crippen molar-refractivity contribution in [3.05, 3.63) is 54.6 Å². The largest absolute Gasteiger partial charge is 0.481 e. The monoisotopic (exact) mass is 343 g/mol. The molecule has 2 aromatic rings. The van der Waals surface area contributed by atoms with Gasteiger partial charge in [-0.2, -0.15) is 0 Å². The summed E-state index contributed by atoms with van der Waals surface area (Å²) in [6, 6.07) is 10.3. The lowest BCUT2D eigenvalue weighted by Crippen LogP contribution is -2.21. The SMILES string of the molecule is CC/C(=N/OCCCCC(=O)O)C(Cc1ccccc1)n1ccnc1. The number of unbranched alkanes of at least 4 members (excludes halogenated alkanes) is 1. The fourth-order valence-corrected chi connectivity index (χ4v) is 2.62. The highest BCUT2D eigenvalue weighted by molar-refractivity contribution is 5.87. The Morgan fingerprint density at radius 3 is 2.76 bits per heavy atom. The first-order chi connectivity index (χ1) is 12.2. The Kier molecular flexibility index (Phi) is 7.69. The number of nitrogens with zero attached hydrogens (tertiary/aromatic N) is 3. The Bertz CT molecular complexity index is 654. The van der Waals surface area contributed by atoms with E-state index in [2.05, 4.69) is 29.2 Å². The lowest BCUT2D eigenvalue weighted by atomic mass is 10.0. The molecule has 6 nitrogen and oxygen atoms in total. The van der Waals surface area contributed by atoms with Gasteiger partial charge < -0.3 is 14.5 Å². The zero-order chi connectivity index (χ0) is 17.9. The van der Waals surface area contributed by atoms with Crippen LogP contribution in [-0.2, 0) is 16.1 Å². The molecule has 0 aliphatic carbocycles. The number of rotatable bonds is 11. The normalized spacial score (nSPS) is 12.8. The molecule has 0 amide bonds. The van der Waals surface area contributed by atoms with E-state index >= 15 is 0 Å². The van der Waals surface area contributed by atoms with Crippen LogP contribution >= 0.6 is 0 Å². The van der Waals surface area contributed by atoms with Crippen LogP contribution in [0.3, 0.4) is 0 Å². The molecular formula is C19H25N3O3. The van der Waals surface area contributed by atoms with Crippen LogP contribution in [0.2, 0.25) is 0 Å². The average Bonchev–Trinajstić information content (AvgIpc) is 3.15. The predicted molar refractivity (Wildman–Crippen MR) is 96.6 cm³/mol. The van der Waals surface area contributed by atoms with Crippen molar-refractivity contribution in [1.29, 1.82) is 0 Å². The van der Waals surface area contributed by atoms with Gasteiger partial charge in [-0.15, -0.1) is 0 Å². The standard InChI is InChI=1S/C19H25N3O3/c1-2-17(21-25-13-7-6-10-19(23)24)18(22-12-11-20-15-22)14-16-8-4-3-5-9-16/h3-5,8-9,11-12,15,18H,2,6-7,10,13-14H2,1H3,(H,23,24)/b21-17-. The van der Waals surface area contributed by atoms with E-state index in [9.17, 15) is 4.79 Å². The van der Waals surface area contributed by atoms with Crippen molar-refractivity contribution in [2.75, 3.05) is 6.61 Å². The minimum atomic E-state index is -0.777. The molecule has 0 saturated heterocycles. The summed E-state index contributed by atoms with van der Waals surface area (Å²) in [7, 11) is 0. The Labute approximate surface area is 148 Å². The number of benzene rings is 1. The maximum Gasteiger partial charge on any atom is 0.303 e. The smallest absolute Gasteiger partial charge is 0.303 e. The molecule has 0 aliphatic heterocycles. The molecule has 1 heterocycles. The van der Waals surface area contributed by atoms with Crippen molar-refractivity contribution in [2.24, 2.45) is 5.16 Å². The Hall–Kier alpha value is -2.63. The maximum absolute atomic E-state index is 10.5. The van der Waals surface area contributed by atoms with Crippen molar-refractivity contribution < 1.29 is 14.7 Å². The zero-order valence-electron chi connectivity index (χ0n) is 14.5. The Morgan fingerprint density at radius 2 is 2.12 bits per heavy atom. The van der Waals surface area contributed by atoms with Gasteiger partial charge >= 0.3 is 5.97 Å². The van der Waals surface area contributed by atoms with Crippen LogP contribution in [0.1, 0.15) is 44.2 Å². The quantitative estimate of drug-likeness (QED) is 0.383. The highest BCUT2D eigenvalue weighted by atomic mass is 16.6. The third kappa shape index (κ3) is 6.41. The summed E-state index contributed by atoms with van der Waals surface area (Å²) in [6.45, 7) is 2.49. The first kappa shape index (κ1) is 18.7. The Morgan fingerprint density at radius 1 is 1.32 bits per heavy atom. The third-order valence-corrected chi connectivity index (χ3v) is 3.96. The van der Waals surface area contributed by atoms with E-state index < -0.39 is 5.97 Å². The molecule has 0 spiro atoms. The summed E-state index contributed by atoms with van der Waals surface area (Å²) in [4.78, 5) is 20.1. The molecule has 0 fully saturated rings.